The first-order valence-electron chi connectivity index (χ1n) is 5.80. The molecule has 1 amide bonds. The van der Waals surface area contributed by atoms with Crippen molar-refractivity contribution in [3.8, 4) is 0 Å². The zero-order chi connectivity index (χ0) is 14.1. The maximum atomic E-state index is 12.4. The molecule has 1 N–H and O–H groups in total. The van der Waals surface area contributed by atoms with Gasteiger partial charge in [-0.3, -0.25) is 9.69 Å². The Morgan fingerprint density at radius 1 is 1.30 bits per heavy atom. The van der Waals surface area contributed by atoms with E-state index in [2.05, 4.69) is 5.32 Å². The first-order chi connectivity index (χ1) is 9.66. The standard InChI is InChI=1S/C14H9ClN2OS2/c15-10-3-1-2-4-12(10)17-13(18)11(16-14(17)19)7-9-5-6-20-8-9/h1-8H,(H,16,19)/b11-7+. The molecule has 0 bridgehead atoms. The fourth-order valence-corrected chi connectivity index (χ4v) is 3.04. The van der Waals surface area contributed by atoms with E-state index in [1.807, 2.05) is 29.0 Å². The van der Waals surface area contributed by atoms with E-state index >= 15 is 0 Å². The molecule has 0 atom stereocenters. The van der Waals surface area contributed by atoms with Crippen molar-refractivity contribution in [2.45, 2.75) is 0 Å². The van der Waals surface area contributed by atoms with Crippen molar-refractivity contribution in [3.05, 3.63) is 57.4 Å². The number of halogens is 1. The highest BCUT2D eigenvalue weighted by molar-refractivity contribution is 7.80. The van der Waals surface area contributed by atoms with Gasteiger partial charge in [-0.05, 0) is 52.8 Å². The molecule has 1 aliphatic rings. The minimum absolute atomic E-state index is 0.200. The molecule has 1 fully saturated rings. The van der Waals surface area contributed by atoms with Gasteiger partial charge in [0.05, 0.1) is 10.7 Å². The number of benzene rings is 1. The van der Waals surface area contributed by atoms with Gasteiger partial charge < -0.3 is 5.32 Å². The molecule has 20 heavy (non-hydrogen) atoms. The number of hydrogen-bond acceptors (Lipinski definition) is 3. The lowest BCUT2D eigenvalue weighted by molar-refractivity contribution is -0.113. The van der Waals surface area contributed by atoms with Crippen LogP contribution in [-0.2, 0) is 4.79 Å². The SMILES string of the molecule is O=C1/C(=C\c2ccsc2)NC(=S)N1c1ccccc1Cl. The minimum Gasteiger partial charge on any atom is -0.327 e. The third kappa shape index (κ3) is 2.35. The van der Waals surface area contributed by atoms with Gasteiger partial charge in [0.25, 0.3) is 5.91 Å². The predicted molar refractivity (Wildman–Crippen MR) is 87.0 cm³/mol. The molecule has 2 aromatic rings. The summed E-state index contributed by atoms with van der Waals surface area (Å²) in [5.41, 5.74) is 2.01. The van der Waals surface area contributed by atoms with Gasteiger partial charge in [0.15, 0.2) is 5.11 Å². The van der Waals surface area contributed by atoms with Crippen LogP contribution in [0.5, 0.6) is 0 Å². The average Bonchev–Trinajstić information content (AvgIpc) is 3.01. The molecule has 0 saturated carbocycles. The van der Waals surface area contributed by atoms with Crippen LogP contribution in [0.25, 0.3) is 6.08 Å². The summed E-state index contributed by atoms with van der Waals surface area (Å²) >= 11 is 12.9. The first-order valence-corrected chi connectivity index (χ1v) is 7.53. The number of amides is 1. The fourth-order valence-electron chi connectivity index (χ4n) is 1.91. The van der Waals surface area contributed by atoms with Crippen LogP contribution in [0.4, 0.5) is 5.69 Å². The summed E-state index contributed by atoms with van der Waals surface area (Å²) in [5, 5.41) is 7.67. The summed E-state index contributed by atoms with van der Waals surface area (Å²) in [7, 11) is 0. The van der Waals surface area contributed by atoms with Crippen molar-refractivity contribution in [3.63, 3.8) is 0 Å². The van der Waals surface area contributed by atoms with Gasteiger partial charge in [-0.25, -0.2) is 0 Å². The molecular weight excluding hydrogens is 312 g/mol. The van der Waals surface area contributed by atoms with Crippen LogP contribution < -0.4 is 10.2 Å². The Balaban J connectivity index is 1.98. The van der Waals surface area contributed by atoms with Crippen LogP contribution >= 0.6 is 35.2 Å². The molecule has 0 aliphatic carbocycles. The smallest absolute Gasteiger partial charge is 0.281 e. The fraction of sp³-hybridized carbons (Fsp3) is 0. The molecule has 1 aromatic carbocycles. The van der Waals surface area contributed by atoms with E-state index in [0.717, 1.165) is 5.56 Å². The van der Waals surface area contributed by atoms with Crippen molar-refractivity contribution in [2.75, 3.05) is 4.90 Å². The second-order valence-electron chi connectivity index (χ2n) is 4.14. The van der Waals surface area contributed by atoms with Crippen LogP contribution in [0.3, 0.4) is 0 Å². The summed E-state index contributed by atoms with van der Waals surface area (Å²) in [5.74, 6) is -0.200. The normalized spacial score (nSPS) is 16.9. The molecule has 100 valence electrons. The van der Waals surface area contributed by atoms with E-state index in [1.165, 1.54) is 4.90 Å². The third-order valence-electron chi connectivity index (χ3n) is 2.83. The number of carbonyl (C=O) groups excluding carboxylic acids is 1. The van der Waals surface area contributed by atoms with Crippen LogP contribution in [-0.4, -0.2) is 11.0 Å². The Kier molecular flexibility index (Phi) is 3.56. The largest absolute Gasteiger partial charge is 0.327 e. The number of thiophene rings is 1. The summed E-state index contributed by atoms with van der Waals surface area (Å²) < 4.78 is 0. The quantitative estimate of drug-likeness (QED) is 0.677. The Hall–Kier alpha value is -1.69. The predicted octanol–water partition coefficient (Wildman–Crippen LogP) is 3.66. The number of anilines is 1. The number of nitrogens with one attached hydrogen (secondary N) is 1. The van der Waals surface area contributed by atoms with Crippen molar-refractivity contribution < 1.29 is 4.79 Å². The number of hydrogen-bond donors (Lipinski definition) is 1. The molecule has 2 heterocycles. The van der Waals surface area contributed by atoms with Gasteiger partial charge in [0, 0.05) is 0 Å². The maximum absolute atomic E-state index is 12.4. The van der Waals surface area contributed by atoms with E-state index in [-0.39, 0.29) is 5.91 Å². The lowest BCUT2D eigenvalue weighted by Gasteiger charge is -2.15. The lowest BCUT2D eigenvalue weighted by Crippen LogP contribution is -2.30. The third-order valence-corrected chi connectivity index (χ3v) is 4.13. The van der Waals surface area contributed by atoms with Gasteiger partial charge in [0.2, 0.25) is 0 Å². The van der Waals surface area contributed by atoms with Gasteiger partial charge in [-0.2, -0.15) is 11.3 Å². The number of rotatable bonds is 2. The summed E-state index contributed by atoms with van der Waals surface area (Å²) in [6.07, 6.45) is 1.78. The van der Waals surface area contributed by atoms with Gasteiger partial charge in [-0.15, -0.1) is 0 Å². The summed E-state index contributed by atoms with van der Waals surface area (Å²) in [4.78, 5) is 13.9. The van der Waals surface area contributed by atoms with E-state index in [4.69, 9.17) is 23.8 Å². The number of carbonyl (C=O) groups is 1. The molecule has 0 radical (unpaired) electrons. The Bertz CT molecular complexity index is 710. The van der Waals surface area contributed by atoms with E-state index in [0.29, 0.717) is 21.5 Å². The van der Waals surface area contributed by atoms with Crippen LogP contribution in [0.15, 0.2) is 46.8 Å². The number of thiocarbonyl (C=S) groups is 1. The molecule has 1 aromatic heterocycles. The monoisotopic (exact) mass is 320 g/mol. The maximum Gasteiger partial charge on any atom is 0.281 e. The molecule has 0 unspecified atom stereocenters. The summed E-state index contributed by atoms with van der Waals surface area (Å²) in [6, 6.07) is 9.06. The molecule has 1 saturated heterocycles. The Morgan fingerprint density at radius 2 is 2.10 bits per heavy atom. The van der Waals surface area contributed by atoms with Crippen molar-refractivity contribution in [1.29, 1.82) is 0 Å². The molecule has 3 nitrogen and oxygen atoms in total. The van der Waals surface area contributed by atoms with Crippen molar-refractivity contribution in [1.82, 2.24) is 5.32 Å². The zero-order valence-electron chi connectivity index (χ0n) is 10.2. The average molecular weight is 321 g/mol. The van der Waals surface area contributed by atoms with E-state index < -0.39 is 0 Å². The Morgan fingerprint density at radius 3 is 2.80 bits per heavy atom. The zero-order valence-corrected chi connectivity index (χ0v) is 12.6. The van der Waals surface area contributed by atoms with Gasteiger partial charge in [0.1, 0.15) is 5.70 Å². The molecule has 3 rings (SSSR count). The highest BCUT2D eigenvalue weighted by Crippen LogP contribution is 2.29. The minimum atomic E-state index is -0.200. The van der Waals surface area contributed by atoms with Crippen molar-refractivity contribution in [2.24, 2.45) is 0 Å². The number of para-hydroxylation sites is 1. The molecule has 6 heteroatoms. The van der Waals surface area contributed by atoms with Crippen LogP contribution in [0.2, 0.25) is 5.02 Å². The van der Waals surface area contributed by atoms with Crippen molar-refractivity contribution >= 4 is 57.9 Å². The van der Waals surface area contributed by atoms with Crippen LogP contribution in [0.1, 0.15) is 5.56 Å². The highest BCUT2D eigenvalue weighted by Gasteiger charge is 2.32. The van der Waals surface area contributed by atoms with E-state index in [9.17, 15) is 4.79 Å². The number of nitrogens with zero attached hydrogens (tertiary/aromatic N) is 1. The molecular formula is C14H9ClN2OS2. The topological polar surface area (TPSA) is 32.3 Å². The summed E-state index contributed by atoms with van der Waals surface area (Å²) in [6.45, 7) is 0. The van der Waals surface area contributed by atoms with Gasteiger partial charge >= 0.3 is 0 Å². The van der Waals surface area contributed by atoms with E-state index in [1.54, 1.807) is 29.5 Å². The highest BCUT2D eigenvalue weighted by atomic mass is 35.5. The first kappa shape index (κ1) is 13.3. The lowest BCUT2D eigenvalue weighted by atomic mass is 10.2. The second kappa shape index (κ2) is 5.36. The molecule has 0 spiro atoms. The van der Waals surface area contributed by atoms with Crippen LogP contribution in [0, 0.1) is 0 Å². The molecule has 1 aliphatic heterocycles. The Labute approximate surface area is 130 Å². The second-order valence-corrected chi connectivity index (χ2v) is 5.71. The van der Waals surface area contributed by atoms with Gasteiger partial charge in [-0.1, -0.05) is 23.7 Å².